The van der Waals surface area contributed by atoms with Crippen LogP contribution < -0.4 is 15.1 Å². The molecule has 3 N–H and O–H groups in total. The molecule has 0 unspecified atom stereocenters. The average molecular weight is 384 g/mol. The molecule has 2 aromatic rings. The molecule has 5 heteroatoms. The second-order valence-corrected chi connectivity index (χ2v) is 7.60. The van der Waals surface area contributed by atoms with Gasteiger partial charge in [-0.25, -0.2) is 4.39 Å². The molecule has 1 heterocycles. The molecule has 0 aromatic heterocycles. The Morgan fingerprint density at radius 3 is 2.54 bits per heavy atom. The van der Waals surface area contributed by atoms with Crippen molar-refractivity contribution in [1.29, 1.82) is 0 Å². The molecule has 4 nitrogen and oxygen atoms in total. The molecule has 0 spiro atoms. The van der Waals surface area contributed by atoms with E-state index in [-0.39, 0.29) is 17.8 Å². The van der Waals surface area contributed by atoms with E-state index < -0.39 is 0 Å². The van der Waals surface area contributed by atoms with Crippen molar-refractivity contribution in [3.05, 3.63) is 71.6 Å². The minimum atomic E-state index is -0.293. The summed E-state index contributed by atoms with van der Waals surface area (Å²) in [5.74, 6) is -0.343. The van der Waals surface area contributed by atoms with Crippen molar-refractivity contribution < 1.29 is 19.0 Å². The van der Waals surface area contributed by atoms with E-state index in [0.717, 1.165) is 32.7 Å². The summed E-state index contributed by atoms with van der Waals surface area (Å²) >= 11 is 0. The Morgan fingerprint density at radius 1 is 1.14 bits per heavy atom. The predicted octanol–water partition coefficient (Wildman–Crippen LogP) is 0.958. The van der Waals surface area contributed by atoms with Gasteiger partial charge in [0.15, 0.2) is 6.04 Å². The highest BCUT2D eigenvalue weighted by Crippen LogP contribution is 2.13. The van der Waals surface area contributed by atoms with Crippen LogP contribution in [-0.2, 0) is 4.79 Å². The average Bonchev–Trinajstić information content (AvgIpc) is 2.71. The van der Waals surface area contributed by atoms with Crippen molar-refractivity contribution in [3.63, 3.8) is 0 Å². The van der Waals surface area contributed by atoms with Crippen LogP contribution in [0.3, 0.4) is 0 Å². The molecule has 28 heavy (non-hydrogen) atoms. The van der Waals surface area contributed by atoms with Gasteiger partial charge in [-0.15, -0.1) is 0 Å². The summed E-state index contributed by atoms with van der Waals surface area (Å²) < 4.78 is 13.7. The van der Waals surface area contributed by atoms with Gasteiger partial charge in [-0.05, 0) is 43.2 Å². The second kappa shape index (κ2) is 9.62. The Labute approximate surface area is 166 Å². The minimum Gasteiger partial charge on any atom is -0.322 e. The molecule has 1 aliphatic heterocycles. The Morgan fingerprint density at radius 2 is 1.86 bits per heavy atom. The lowest BCUT2D eigenvalue weighted by molar-refractivity contribution is -1.02. The van der Waals surface area contributed by atoms with Gasteiger partial charge in [0.2, 0.25) is 0 Å². The van der Waals surface area contributed by atoms with Crippen molar-refractivity contribution in [1.82, 2.24) is 0 Å². The van der Waals surface area contributed by atoms with Crippen molar-refractivity contribution in [2.45, 2.75) is 19.9 Å². The van der Waals surface area contributed by atoms with Crippen LogP contribution in [0.1, 0.15) is 18.1 Å². The van der Waals surface area contributed by atoms with E-state index in [1.165, 1.54) is 16.5 Å². The number of anilines is 1. The van der Waals surface area contributed by atoms with Gasteiger partial charge < -0.3 is 15.1 Å². The van der Waals surface area contributed by atoms with Gasteiger partial charge in [-0.1, -0.05) is 42.5 Å². The molecular weight excluding hydrogens is 353 g/mol. The van der Waals surface area contributed by atoms with Crippen LogP contribution in [0, 0.1) is 12.7 Å². The molecule has 3 rings (SSSR count). The SMILES string of the molecule is Cc1ccc(NC(=O)[C@H](C)[NH+]2CC[NH+](C/C=C/c3ccccc3)CC2)cc1F. The first-order chi connectivity index (χ1) is 13.5. The molecular formula is C23H30FN3O+2. The maximum absolute atomic E-state index is 13.7. The van der Waals surface area contributed by atoms with Crippen LogP contribution in [0.15, 0.2) is 54.6 Å². The Bertz CT molecular complexity index is 814. The van der Waals surface area contributed by atoms with Gasteiger partial charge in [0, 0.05) is 5.69 Å². The number of aryl methyl sites for hydroxylation is 1. The lowest BCUT2D eigenvalue weighted by Crippen LogP contribution is -3.29. The lowest BCUT2D eigenvalue weighted by Gasteiger charge is -2.32. The number of hydrogen-bond acceptors (Lipinski definition) is 1. The van der Waals surface area contributed by atoms with E-state index >= 15 is 0 Å². The van der Waals surface area contributed by atoms with Gasteiger partial charge in [0.25, 0.3) is 5.91 Å². The third-order valence-electron chi connectivity index (χ3n) is 5.56. The highest BCUT2D eigenvalue weighted by Gasteiger charge is 2.30. The highest BCUT2D eigenvalue weighted by molar-refractivity contribution is 5.93. The lowest BCUT2D eigenvalue weighted by atomic mass is 10.2. The van der Waals surface area contributed by atoms with Gasteiger partial charge >= 0.3 is 0 Å². The molecule has 1 saturated heterocycles. The van der Waals surface area contributed by atoms with Crippen molar-refractivity contribution in [2.75, 3.05) is 38.0 Å². The summed E-state index contributed by atoms with van der Waals surface area (Å²) in [6.07, 6.45) is 4.40. The van der Waals surface area contributed by atoms with E-state index in [2.05, 4.69) is 29.6 Å². The topological polar surface area (TPSA) is 38.0 Å². The summed E-state index contributed by atoms with van der Waals surface area (Å²) in [4.78, 5) is 15.4. The number of carbonyl (C=O) groups is 1. The number of nitrogens with one attached hydrogen (secondary N) is 3. The highest BCUT2D eigenvalue weighted by atomic mass is 19.1. The first-order valence-electron chi connectivity index (χ1n) is 9.99. The van der Waals surface area contributed by atoms with Crippen molar-refractivity contribution in [3.8, 4) is 0 Å². The molecule has 0 bridgehead atoms. The molecule has 1 fully saturated rings. The monoisotopic (exact) mass is 383 g/mol. The van der Waals surface area contributed by atoms with Gasteiger partial charge in [-0.2, -0.15) is 0 Å². The van der Waals surface area contributed by atoms with E-state index in [1.807, 2.05) is 25.1 Å². The van der Waals surface area contributed by atoms with E-state index in [9.17, 15) is 9.18 Å². The van der Waals surface area contributed by atoms with Crippen molar-refractivity contribution in [2.24, 2.45) is 0 Å². The molecule has 0 saturated carbocycles. The third kappa shape index (κ3) is 5.50. The quantitative estimate of drug-likeness (QED) is 0.683. The van der Waals surface area contributed by atoms with Gasteiger partial charge in [0.1, 0.15) is 32.0 Å². The zero-order valence-corrected chi connectivity index (χ0v) is 16.7. The Hall–Kier alpha value is -2.50. The van der Waals surface area contributed by atoms with Crippen LogP contribution in [0.25, 0.3) is 6.08 Å². The first kappa shape index (κ1) is 20.2. The molecule has 1 amide bonds. The molecule has 2 aromatic carbocycles. The van der Waals surface area contributed by atoms with E-state index in [0.29, 0.717) is 11.3 Å². The number of hydrogen-bond donors (Lipinski definition) is 3. The fourth-order valence-corrected chi connectivity index (χ4v) is 3.59. The standard InChI is InChI=1S/C23H28FN3O/c1-18-10-11-21(17-22(18)24)25-23(28)19(2)27-15-13-26(14-16-27)12-6-9-20-7-4-3-5-8-20/h3-11,17,19H,12-16H2,1-2H3,(H,25,28)/p+2/b9-6+/t19-/m0/s1. The first-order valence-corrected chi connectivity index (χ1v) is 9.99. The zero-order valence-electron chi connectivity index (χ0n) is 16.7. The minimum absolute atomic E-state index is 0.0503. The molecule has 1 atom stereocenters. The number of benzene rings is 2. The largest absolute Gasteiger partial charge is 0.322 e. The molecule has 1 aliphatic rings. The molecule has 148 valence electrons. The summed E-state index contributed by atoms with van der Waals surface area (Å²) in [7, 11) is 0. The Balaban J connectivity index is 1.45. The fraction of sp³-hybridized carbons (Fsp3) is 0.348. The van der Waals surface area contributed by atoms with Crippen LogP contribution in [0.4, 0.5) is 10.1 Å². The molecule has 0 radical (unpaired) electrons. The van der Waals surface area contributed by atoms with Gasteiger partial charge in [-0.3, -0.25) is 4.79 Å². The van der Waals surface area contributed by atoms with Crippen LogP contribution in [0.2, 0.25) is 0 Å². The second-order valence-electron chi connectivity index (χ2n) is 7.60. The number of halogens is 1. The maximum Gasteiger partial charge on any atom is 0.282 e. The number of piperazine rings is 1. The predicted molar refractivity (Wildman–Crippen MR) is 111 cm³/mol. The van der Waals surface area contributed by atoms with E-state index in [1.54, 1.807) is 24.0 Å². The van der Waals surface area contributed by atoms with Crippen molar-refractivity contribution >= 4 is 17.7 Å². The number of rotatable bonds is 6. The number of quaternary nitrogens is 2. The number of carbonyl (C=O) groups excluding carboxylic acids is 1. The van der Waals surface area contributed by atoms with Crippen LogP contribution in [-0.4, -0.2) is 44.7 Å². The normalized spacial score (nSPS) is 20.8. The summed E-state index contributed by atoms with van der Waals surface area (Å²) in [5.41, 5.74) is 2.33. The molecule has 0 aliphatic carbocycles. The van der Waals surface area contributed by atoms with Gasteiger partial charge in [0.05, 0.1) is 6.54 Å². The summed E-state index contributed by atoms with van der Waals surface area (Å²) in [6, 6.07) is 15.0. The van der Waals surface area contributed by atoms with Crippen LogP contribution >= 0.6 is 0 Å². The van der Waals surface area contributed by atoms with Crippen LogP contribution in [0.5, 0.6) is 0 Å². The van der Waals surface area contributed by atoms with E-state index in [4.69, 9.17) is 0 Å². The number of amides is 1. The Kier molecular flexibility index (Phi) is 6.95. The smallest absolute Gasteiger partial charge is 0.282 e. The maximum atomic E-state index is 13.7. The zero-order chi connectivity index (χ0) is 19.9. The summed E-state index contributed by atoms with van der Waals surface area (Å²) in [6.45, 7) is 8.69. The third-order valence-corrected chi connectivity index (χ3v) is 5.56. The summed E-state index contributed by atoms with van der Waals surface area (Å²) in [5, 5.41) is 2.85. The fourth-order valence-electron chi connectivity index (χ4n) is 3.59.